The van der Waals surface area contributed by atoms with E-state index in [0.29, 0.717) is 18.7 Å². The predicted molar refractivity (Wildman–Crippen MR) is 98.5 cm³/mol. The first-order valence-corrected chi connectivity index (χ1v) is 10.1. The summed E-state index contributed by atoms with van der Waals surface area (Å²) in [5.41, 5.74) is 0. The summed E-state index contributed by atoms with van der Waals surface area (Å²) in [7, 11) is 0. The maximum atomic E-state index is 12.6. The van der Waals surface area contributed by atoms with Gasteiger partial charge >= 0.3 is 0 Å². The van der Waals surface area contributed by atoms with Crippen LogP contribution in [0.1, 0.15) is 31.6 Å². The van der Waals surface area contributed by atoms with Gasteiger partial charge in [0.2, 0.25) is 5.78 Å². The largest absolute Gasteiger partial charge is 0.349 e. The third kappa shape index (κ3) is 5.67. The minimum absolute atomic E-state index is 0.00896. The zero-order valence-corrected chi connectivity index (χ0v) is 15.9. The second kappa shape index (κ2) is 9.15. The van der Waals surface area contributed by atoms with Crippen molar-refractivity contribution in [3.63, 3.8) is 0 Å². The molecule has 2 rings (SSSR count). The SMILES string of the molecule is CC(C)C(NC(=O)SCc1cccs1)C(=O)CC1CCNC(=O)C1=O. The molecule has 6 nitrogen and oxygen atoms in total. The number of ketones is 2. The van der Waals surface area contributed by atoms with Crippen LogP contribution in [0, 0.1) is 11.8 Å². The van der Waals surface area contributed by atoms with Gasteiger partial charge in [0.05, 0.1) is 6.04 Å². The van der Waals surface area contributed by atoms with Crippen LogP contribution < -0.4 is 10.6 Å². The highest BCUT2D eigenvalue weighted by molar-refractivity contribution is 8.12. The van der Waals surface area contributed by atoms with E-state index in [-0.39, 0.29) is 23.4 Å². The predicted octanol–water partition coefficient (Wildman–Crippen LogP) is 2.38. The number of hydrogen-bond donors (Lipinski definition) is 2. The van der Waals surface area contributed by atoms with Gasteiger partial charge in [-0.25, -0.2) is 0 Å². The molecule has 136 valence electrons. The molecule has 1 aromatic heterocycles. The molecule has 8 heteroatoms. The van der Waals surface area contributed by atoms with Crippen LogP contribution in [0.5, 0.6) is 0 Å². The fourth-order valence-corrected chi connectivity index (χ4v) is 4.16. The first-order valence-electron chi connectivity index (χ1n) is 8.19. The first kappa shape index (κ1) is 19.7. The molecule has 1 fully saturated rings. The van der Waals surface area contributed by atoms with Gasteiger partial charge in [-0.1, -0.05) is 31.7 Å². The summed E-state index contributed by atoms with van der Waals surface area (Å²) in [6.45, 7) is 4.10. The Kier molecular flexibility index (Phi) is 7.19. The van der Waals surface area contributed by atoms with Gasteiger partial charge in [-0.05, 0) is 23.8 Å². The van der Waals surface area contributed by atoms with Crippen molar-refractivity contribution in [1.82, 2.24) is 10.6 Å². The number of thiophene rings is 1. The molecular weight excluding hydrogens is 360 g/mol. The summed E-state index contributed by atoms with van der Waals surface area (Å²) in [6, 6.07) is 3.23. The summed E-state index contributed by atoms with van der Waals surface area (Å²) in [5, 5.41) is 6.93. The topological polar surface area (TPSA) is 92.3 Å². The third-order valence-electron chi connectivity index (χ3n) is 4.03. The van der Waals surface area contributed by atoms with Crippen LogP contribution >= 0.6 is 23.1 Å². The number of hydrogen-bond acceptors (Lipinski definition) is 6. The highest BCUT2D eigenvalue weighted by Gasteiger charge is 2.34. The normalized spacial score (nSPS) is 18.8. The lowest BCUT2D eigenvalue weighted by Gasteiger charge is -2.25. The fourth-order valence-electron chi connectivity index (χ4n) is 2.65. The van der Waals surface area contributed by atoms with Crippen LogP contribution in [0.25, 0.3) is 0 Å². The second-order valence-corrected chi connectivity index (χ2v) is 8.28. The minimum Gasteiger partial charge on any atom is -0.349 e. The van der Waals surface area contributed by atoms with Crippen LogP contribution in [0.3, 0.4) is 0 Å². The maximum absolute atomic E-state index is 12.6. The van der Waals surface area contributed by atoms with E-state index in [2.05, 4.69) is 10.6 Å². The van der Waals surface area contributed by atoms with E-state index in [9.17, 15) is 19.2 Å². The summed E-state index contributed by atoms with van der Waals surface area (Å²) in [6.07, 6.45) is 0.452. The lowest BCUT2D eigenvalue weighted by Crippen LogP contribution is -2.47. The number of thioether (sulfide) groups is 1. The lowest BCUT2D eigenvalue weighted by atomic mass is 9.87. The van der Waals surface area contributed by atoms with Gasteiger partial charge in [0.25, 0.3) is 11.1 Å². The molecular formula is C17H22N2O4S2. The molecule has 0 saturated carbocycles. The molecule has 0 bridgehead atoms. The van der Waals surface area contributed by atoms with Gasteiger partial charge in [-0.3, -0.25) is 19.2 Å². The van der Waals surface area contributed by atoms with E-state index in [4.69, 9.17) is 0 Å². The second-order valence-electron chi connectivity index (χ2n) is 6.30. The maximum Gasteiger partial charge on any atom is 0.287 e. The number of carbonyl (C=O) groups excluding carboxylic acids is 4. The number of Topliss-reactive ketones (excluding diaryl/α,β-unsaturated/α-hetero) is 2. The van der Waals surface area contributed by atoms with Crippen molar-refractivity contribution in [3.05, 3.63) is 22.4 Å². The standard InChI is InChI=1S/C17H22N2O4S2/c1-10(2)14(19-17(23)25-9-12-4-3-7-24-12)13(20)8-11-5-6-18-16(22)15(11)21/h3-4,7,10-11,14H,5-6,8-9H2,1-2H3,(H,18,22)(H,19,23). The van der Waals surface area contributed by atoms with Crippen LogP contribution in [0.2, 0.25) is 0 Å². The molecule has 1 aromatic rings. The van der Waals surface area contributed by atoms with Crippen LogP contribution in [0.15, 0.2) is 17.5 Å². The molecule has 1 saturated heterocycles. The average Bonchev–Trinajstić information content (AvgIpc) is 3.08. The van der Waals surface area contributed by atoms with E-state index < -0.39 is 23.7 Å². The summed E-state index contributed by atoms with van der Waals surface area (Å²) in [4.78, 5) is 49.1. The van der Waals surface area contributed by atoms with Crippen molar-refractivity contribution in [2.24, 2.45) is 11.8 Å². The Morgan fingerprint density at radius 3 is 2.80 bits per heavy atom. The number of amides is 2. The Morgan fingerprint density at radius 2 is 2.16 bits per heavy atom. The number of nitrogens with one attached hydrogen (secondary N) is 2. The van der Waals surface area contributed by atoms with E-state index in [1.54, 1.807) is 11.3 Å². The fraction of sp³-hybridized carbons (Fsp3) is 0.529. The van der Waals surface area contributed by atoms with E-state index in [1.807, 2.05) is 31.4 Å². The van der Waals surface area contributed by atoms with Crippen molar-refractivity contribution in [1.29, 1.82) is 0 Å². The number of carbonyl (C=O) groups is 4. The monoisotopic (exact) mass is 382 g/mol. The van der Waals surface area contributed by atoms with Crippen molar-refractivity contribution in [3.8, 4) is 0 Å². The molecule has 0 aromatic carbocycles. The Bertz CT molecular complexity index is 643. The molecule has 2 amide bonds. The Morgan fingerprint density at radius 1 is 1.40 bits per heavy atom. The van der Waals surface area contributed by atoms with Gasteiger partial charge in [0.1, 0.15) is 0 Å². The van der Waals surface area contributed by atoms with E-state index in [0.717, 1.165) is 16.6 Å². The summed E-state index contributed by atoms with van der Waals surface area (Å²) in [5.74, 6) is -1.48. The minimum atomic E-state index is -0.652. The van der Waals surface area contributed by atoms with Crippen LogP contribution in [-0.2, 0) is 20.1 Å². The van der Waals surface area contributed by atoms with Crippen LogP contribution in [0.4, 0.5) is 4.79 Å². The van der Waals surface area contributed by atoms with E-state index in [1.165, 1.54) is 0 Å². The average molecular weight is 383 g/mol. The Hall–Kier alpha value is -1.67. The molecule has 0 aliphatic carbocycles. The first-order chi connectivity index (χ1) is 11.9. The van der Waals surface area contributed by atoms with Crippen LogP contribution in [-0.4, -0.2) is 35.3 Å². The zero-order valence-electron chi connectivity index (χ0n) is 14.2. The van der Waals surface area contributed by atoms with E-state index >= 15 is 0 Å². The number of piperidine rings is 1. The molecule has 2 N–H and O–H groups in total. The Balaban J connectivity index is 1.90. The molecule has 2 atom stereocenters. The Labute approximate surface area is 155 Å². The molecule has 2 unspecified atom stereocenters. The highest BCUT2D eigenvalue weighted by Crippen LogP contribution is 2.20. The lowest BCUT2D eigenvalue weighted by molar-refractivity contribution is -0.143. The van der Waals surface area contributed by atoms with Crippen molar-refractivity contribution in [2.75, 3.05) is 6.54 Å². The molecule has 0 radical (unpaired) electrons. The molecule has 2 heterocycles. The third-order valence-corrected chi connectivity index (χ3v) is 5.93. The van der Waals surface area contributed by atoms with Crippen molar-refractivity contribution < 1.29 is 19.2 Å². The van der Waals surface area contributed by atoms with Gasteiger partial charge in [0.15, 0.2) is 5.78 Å². The highest BCUT2D eigenvalue weighted by atomic mass is 32.2. The zero-order chi connectivity index (χ0) is 18.4. The van der Waals surface area contributed by atoms with Crippen molar-refractivity contribution >= 4 is 45.8 Å². The smallest absolute Gasteiger partial charge is 0.287 e. The molecule has 0 spiro atoms. The van der Waals surface area contributed by atoms with Gasteiger partial charge in [-0.15, -0.1) is 11.3 Å². The molecule has 25 heavy (non-hydrogen) atoms. The van der Waals surface area contributed by atoms with Gasteiger partial charge < -0.3 is 10.6 Å². The van der Waals surface area contributed by atoms with Crippen molar-refractivity contribution in [2.45, 2.75) is 38.5 Å². The van der Waals surface area contributed by atoms with Gasteiger partial charge in [-0.2, -0.15) is 0 Å². The number of rotatable bonds is 7. The molecule has 1 aliphatic rings. The quantitative estimate of drug-likeness (QED) is 0.707. The van der Waals surface area contributed by atoms with Gasteiger partial charge in [0, 0.05) is 29.5 Å². The summed E-state index contributed by atoms with van der Waals surface area (Å²) >= 11 is 2.70. The summed E-state index contributed by atoms with van der Waals surface area (Å²) < 4.78 is 0. The molecule has 1 aliphatic heterocycles.